The first-order valence-electron chi connectivity index (χ1n) is 9.93. The molecule has 1 amide bonds. The van der Waals surface area contributed by atoms with E-state index in [1.165, 1.54) is 11.3 Å². The number of aliphatic carboxylic acids is 1. The maximum absolute atomic E-state index is 13.1. The van der Waals surface area contributed by atoms with Gasteiger partial charge in [0.05, 0.1) is 10.2 Å². The fourth-order valence-electron chi connectivity index (χ4n) is 3.49. The molecule has 4 rings (SSSR count). The minimum absolute atomic E-state index is 0.325. The van der Waals surface area contributed by atoms with Crippen molar-refractivity contribution in [1.82, 2.24) is 9.88 Å². The summed E-state index contributed by atoms with van der Waals surface area (Å²) < 4.78 is 0.945. The van der Waals surface area contributed by atoms with Crippen LogP contribution in [-0.2, 0) is 9.59 Å². The van der Waals surface area contributed by atoms with Crippen molar-refractivity contribution in [3.8, 4) is 0 Å². The fourth-order valence-corrected chi connectivity index (χ4v) is 4.80. The van der Waals surface area contributed by atoms with Crippen molar-refractivity contribution in [2.24, 2.45) is 5.92 Å². The molecule has 0 saturated heterocycles. The first-order valence-corrected chi connectivity index (χ1v) is 11.1. The zero-order valence-electron chi connectivity index (χ0n) is 16.5. The number of carboxylic acids is 1. The molecule has 2 atom stereocenters. The topological polar surface area (TPSA) is 90.7 Å². The molecule has 1 aliphatic carbocycles. The number of carbonyl (C=O) groups is 2. The van der Waals surface area contributed by atoms with E-state index in [4.69, 9.17) is 21.7 Å². The maximum atomic E-state index is 13.1. The number of carbonyl (C=O) groups excluding carboxylic acids is 1. The van der Waals surface area contributed by atoms with Gasteiger partial charge in [0.1, 0.15) is 17.2 Å². The predicted molar refractivity (Wildman–Crippen MR) is 120 cm³/mol. The lowest BCUT2D eigenvalue weighted by atomic mass is 10.0. The molecule has 1 fully saturated rings. The van der Waals surface area contributed by atoms with Gasteiger partial charge in [0, 0.05) is 23.7 Å². The van der Waals surface area contributed by atoms with E-state index in [9.17, 15) is 14.7 Å². The van der Waals surface area contributed by atoms with Crippen LogP contribution in [0.4, 0.5) is 0 Å². The molecule has 31 heavy (non-hydrogen) atoms. The van der Waals surface area contributed by atoms with E-state index in [-0.39, 0.29) is 0 Å². The number of aliphatic hydroxyl groups is 1. The first kappa shape index (κ1) is 21.5. The van der Waals surface area contributed by atoms with Crippen molar-refractivity contribution < 1.29 is 19.8 Å². The van der Waals surface area contributed by atoms with Gasteiger partial charge in [-0.05, 0) is 48.6 Å². The third kappa shape index (κ3) is 5.12. The molecule has 2 aromatic carbocycles. The minimum atomic E-state index is -1.20. The Morgan fingerprint density at radius 3 is 2.65 bits per heavy atom. The van der Waals surface area contributed by atoms with Gasteiger partial charge < -0.3 is 15.1 Å². The van der Waals surface area contributed by atoms with Gasteiger partial charge in [0.15, 0.2) is 0 Å². The van der Waals surface area contributed by atoms with Crippen LogP contribution in [0, 0.1) is 5.92 Å². The highest BCUT2D eigenvalue weighted by molar-refractivity contribution is 7.18. The Morgan fingerprint density at radius 2 is 1.97 bits per heavy atom. The number of carboxylic acid groups (broad SMARTS) is 1. The number of aliphatic hydroxyl groups excluding tert-OH is 1. The third-order valence-corrected chi connectivity index (χ3v) is 6.53. The number of halogens is 1. The van der Waals surface area contributed by atoms with Crippen LogP contribution in [-0.4, -0.2) is 38.5 Å². The van der Waals surface area contributed by atoms with Crippen LogP contribution >= 0.6 is 22.9 Å². The molecule has 8 heteroatoms. The highest BCUT2D eigenvalue weighted by Gasteiger charge is 2.37. The molecular formula is C23H21ClN2O4S. The van der Waals surface area contributed by atoms with E-state index >= 15 is 0 Å². The normalized spacial score (nSPS) is 15.8. The summed E-state index contributed by atoms with van der Waals surface area (Å²) in [7, 11) is 0. The largest absolute Gasteiger partial charge is 0.478 e. The summed E-state index contributed by atoms with van der Waals surface area (Å²) in [6.07, 6.45) is 2.76. The molecule has 1 aromatic heterocycles. The predicted octanol–water partition coefficient (Wildman–Crippen LogP) is 4.60. The zero-order chi connectivity index (χ0) is 22.0. The number of hydrogen-bond donors (Lipinski definition) is 2. The van der Waals surface area contributed by atoms with Crippen LogP contribution < -0.4 is 0 Å². The third-order valence-electron chi connectivity index (χ3n) is 5.19. The summed E-state index contributed by atoms with van der Waals surface area (Å²) in [6.45, 7) is 0.418. The van der Waals surface area contributed by atoms with Gasteiger partial charge in [-0.1, -0.05) is 35.9 Å². The number of benzene rings is 2. The highest BCUT2D eigenvalue weighted by atomic mass is 35.5. The van der Waals surface area contributed by atoms with Crippen LogP contribution in [0.25, 0.3) is 10.2 Å². The van der Waals surface area contributed by atoms with Crippen molar-refractivity contribution in [3.05, 3.63) is 76.3 Å². The Bertz CT molecular complexity index is 1110. The number of amides is 1. The Kier molecular flexibility index (Phi) is 6.36. The van der Waals surface area contributed by atoms with E-state index in [2.05, 4.69) is 0 Å². The maximum Gasteiger partial charge on any atom is 0.328 e. The fraction of sp³-hybridized carbons (Fsp3) is 0.261. The van der Waals surface area contributed by atoms with Crippen molar-refractivity contribution in [2.45, 2.75) is 25.0 Å². The van der Waals surface area contributed by atoms with E-state index in [1.54, 1.807) is 29.2 Å². The molecule has 1 saturated carbocycles. The summed E-state index contributed by atoms with van der Waals surface area (Å²) in [5.74, 6) is -1.35. The van der Waals surface area contributed by atoms with Crippen LogP contribution in [0.1, 0.15) is 35.6 Å². The molecular weight excluding hydrogens is 436 g/mol. The SMILES string of the molecule is O=C(O)/C=C/C(=O)N(CC1CC1)[C@@H](c1nc2ccccc2s1)[C@@H](O)c1cccc(Cl)c1. The number of fused-ring (bicyclic) bond motifs is 1. The molecule has 1 aliphatic rings. The van der Waals surface area contributed by atoms with Gasteiger partial charge >= 0.3 is 5.97 Å². The van der Waals surface area contributed by atoms with E-state index in [1.807, 2.05) is 24.3 Å². The zero-order valence-corrected chi connectivity index (χ0v) is 18.1. The average molecular weight is 457 g/mol. The van der Waals surface area contributed by atoms with E-state index in [0.717, 1.165) is 35.2 Å². The Morgan fingerprint density at radius 1 is 1.19 bits per heavy atom. The standard InChI is InChI=1S/C23H21ClN2O4S/c24-16-5-3-4-15(12-16)22(30)21(23-25-17-6-1-2-7-18(17)31-23)26(13-14-8-9-14)19(27)10-11-20(28)29/h1-7,10-12,14,21-22,30H,8-9,13H2,(H,28,29)/b11-10+/t21-,22+/m1/s1. The molecule has 0 aliphatic heterocycles. The second-order valence-corrected chi connectivity index (χ2v) is 9.07. The number of hydrogen-bond acceptors (Lipinski definition) is 5. The highest BCUT2D eigenvalue weighted by Crippen LogP contribution is 2.41. The van der Waals surface area contributed by atoms with Gasteiger partial charge in [-0.3, -0.25) is 4.79 Å². The van der Waals surface area contributed by atoms with Gasteiger partial charge in [0.25, 0.3) is 0 Å². The quantitative estimate of drug-likeness (QED) is 0.483. The van der Waals surface area contributed by atoms with Gasteiger partial charge in [-0.2, -0.15) is 0 Å². The lowest BCUT2D eigenvalue weighted by Crippen LogP contribution is -2.38. The second kappa shape index (κ2) is 9.18. The molecule has 0 unspecified atom stereocenters. The van der Waals surface area contributed by atoms with Crippen LogP contribution in [0.5, 0.6) is 0 Å². The van der Waals surface area contributed by atoms with Crippen LogP contribution in [0.15, 0.2) is 60.7 Å². The number of para-hydroxylation sites is 1. The number of aromatic nitrogens is 1. The van der Waals surface area contributed by atoms with Crippen LogP contribution in [0.3, 0.4) is 0 Å². The average Bonchev–Trinajstić information content (AvgIpc) is 3.47. The smallest absolute Gasteiger partial charge is 0.328 e. The summed E-state index contributed by atoms with van der Waals surface area (Å²) >= 11 is 7.56. The number of thiazole rings is 1. The molecule has 6 nitrogen and oxygen atoms in total. The molecule has 0 bridgehead atoms. The van der Waals surface area contributed by atoms with Gasteiger partial charge in [-0.15, -0.1) is 11.3 Å². The summed E-state index contributed by atoms with van der Waals surface area (Å²) in [6, 6.07) is 13.7. The second-order valence-electron chi connectivity index (χ2n) is 7.57. The Hall–Kier alpha value is -2.74. The lowest BCUT2D eigenvalue weighted by molar-refractivity contribution is -0.134. The van der Waals surface area contributed by atoms with E-state index in [0.29, 0.717) is 28.1 Å². The van der Waals surface area contributed by atoms with E-state index < -0.39 is 24.0 Å². The van der Waals surface area contributed by atoms with Crippen molar-refractivity contribution >= 4 is 45.0 Å². The lowest BCUT2D eigenvalue weighted by Gasteiger charge is -2.33. The summed E-state index contributed by atoms with van der Waals surface area (Å²) in [5.41, 5.74) is 1.35. The summed E-state index contributed by atoms with van der Waals surface area (Å²) in [5, 5.41) is 21.4. The molecule has 1 heterocycles. The number of nitrogens with zero attached hydrogens (tertiary/aromatic N) is 2. The van der Waals surface area contributed by atoms with Gasteiger partial charge in [0.2, 0.25) is 5.91 Å². The number of rotatable bonds is 8. The molecule has 0 radical (unpaired) electrons. The molecule has 3 aromatic rings. The molecule has 0 spiro atoms. The van der Waals surface area contributed by atoms with Crippen molar-refractivity contribution in [2.75, 3.05) is 6.54 Å². The van der Waals surface area contributed by atoms with Crippen LogP contribution in [0.2, 0.25) is 5.02 Å². The monoisotopic (exact) mass is 456 g/mol. The van der Waals surface area contributed by atoms with Crippen molar-refractivity contribution in [1.29, 1.82) is 0 Å². The first-order chi connectivity index (χ1) is 14.9. The summed E-state index contributed by atoms with van der Waals surface area (Å²) in [4.78, 5) is 30.3. The Balaban J connectivity index is 1.80. The Labute approximate surface area is 188 Å². The molecule has 2 N–H and O–H groups in total. The molecule has 160 valence electrons. The van der Waals surface area contributed by atoms with Crippen molar-refractivity contribution in [3.63, 3.8) is 0 Å². The van der Waals surface area contributed by atoms with Gasteiger partial charge in [-0.25, -0.2) is 9.78 Å². The minimum Gasteiger partial charge on any atom is -0.478 e.